The first-order chi connectivity index (χ1) is 10.6. The molecule has 1 aliphatic heterocycles. The summed E-state index contributed by atoms with van der Waals surface area (Å²) in [4.78, 5) is 23.5. The summed E-state index contributed by atoms with van der Waals surface area (Å²) in [7, 11) is 0. The average molecular weight is 293 g/mol. The largest absolute Gasteiger partial charge is 0.508 e. The van der Waals surface area contributed by atoms with Crippen LogP contribution in [0.5, 0.6) is 5.75 Å². The van der Waals surface area contributed by atoms with E-state index in [4.69, 9.17) is 0 Å². The van der Waals surface area contributed by atoms with Crippen molar-refractivity contribution in [3.8, 4) is 5.75 Å². The fourth-order valence-corrected chi connectivity index (χ4v) is 2.43. The van der Waals surface area contributed by atoms with E-state index in [0.29, 0.717) is 18.4 Å². The van der Waals surface area contributed by atoms with Crippen molar-refractivity contribution in [2.45, 2.75) is 12.8 Å². The van der Waals surface area contributed by atoms with Crippen LogP contribution in [0.3, 0.4) is 0 Å². The van der Waals surface area contributed by atoms with E-state index in [1.54, 1.807) is 36.4 Å². The third kappa shape index (κ3) is 3.06. The predicted octanol–water partition coefficient (Wildman–Crippen LogP) is 3.17. The van der Waals surface area contributed by atoms with E-state index < -0.39 is 0 Å². The van der Waals surface area contributed by atoms with Gasteiger partial charge in [-0.25, -0.2) is 0 Å². The van der Waals surface area contributed by atoms with E-state index in [1.165, 1.54) is 6.08 Å². The highest BCUT2D eigenvalue weighted by molar-refractivity contribution is 6.07. The molecule has 1 amide bonds. The second kappa shape index (κ2) is 5.85. The van der Waals surface area contributed by atoms with Gasteiger partial charge < -0.3 is 10.4 Å². The molecule has 0 saturated heterocycles. The number of hydrogen-bond donors (Lipinski definition) is 2. The van der Waals surface area contributed by atoms with E-state index in [-0.39, 0.29) is 17.4 Å². The van der Waals surface area contributed by atoms with Gasteiger partial charge in [0.2, 0.25) is 5.91 Å². The minimum Gasteiger partial charge on any atom is -0.508 e. The molecule has 0 atom stereocenters. The van der Waals surface area contributed by atoms with Crippen molar-refractivity contribution in [2.75, 3.05) is 5.32 Å². The van der Waals surface area contributed by atoms with E-state index >= 15 is 0 Å². The number of hydrogen-bond acceptors (Lipinski definition) is 3. The van der Waals surface area contributed by atoms with Gasteiger partial charge in [0.15, 0.2) is 5.78 Å². The molecule has 4 heteroatoms. The van der Waals surface area contributed by atoms with Crippen molar-refractivity contribution in [1.29, 1.82) is 0 Å². The number of carbonyl (C=O) groups is 2. The molecule has 110 valence electrons. The van der Waals surface area contributed by atoms with Crippen LogP contribution in [0.4, 0.5) is 5.69 Å². The zero-order valence-corrected chi connectivity index (χ0v) is 11.9. The molecular formula is C18H15NO3. The molecule has 0 aliphatic carbocycles. The summed E-state index contributed by atoms with van der Waals surface area (Å²) in [6.07, 6.45) is 4.25. The summed E-state index contributed by atoms with van der Waals surface area (Å²) >= 11 is 0. The number of nitrogens with one attached hydrogen (secondary N) is 1. The van der Waals surface area contributed by atoms with Gasteiger partial charge in [0.1, 0.15) is 5.75 Å². The molecule has 0 radical (unpaired) electrons. The molecule has 2 aromatic rings. The number of phenolic OH excluding ortho intramolecular Hbond substituents is 1. The molecule has 0 bridgehead atoms. The lowest BCUT2D eigenvalue weighted by atomic mass is 9.98. The Kier molecular flexibility index (Phi) is 3.74. The monoisotopic (exact) mass is 293 g/mol. The number of amides is 1. The number of ketones is 1. The van der Waals surface area contributed by atoms with Crippen LogP contribution in [0, 0.1) is 0 Å². The molecule has 22 heavy (non-hydrogen) atoms. The number of benzene rings is 2. The minimum absolute atomic E-state index is 0.00959. The Labute approximate surface area is 128 Å². The zero-order valence-electron chi connectivity index (χ0n) is 11.9. The average Bonchev–Trinajstić information content (AvgIpc) is 2.52. The minimum atomic E-state index is -0.108. The summed E-state index contributed by atoms with van der Waals surface area (Å²) in [6, 6.07) is 12.0. The van der Waals surface area contributed by atoms with Crippen molar-refractivity contribution in [2.24, 2.45) is 0 Å². The number of fused-ring (bicyclic) bond motifs is 1. The van der Waals surface area contributed by atoms with Crippen LogP contribution < -0.4 is 5.32 Å². The number of phenols is 1. The van der Waals surface area contributed by atoms with Gasteiger partial charge in [-0.1, -0.05) is 18.2 Å². The lowest BCUT2D eigenvalue weighted by Crippen LogP contribution is -2.19. The first kappa shape index (κ1) is 14.1. The van der Waals surface area contributed by atoms with E-state index in [1.807, 2.05) is 12.1 Å². The third-order valence-corrected chi connectivity index (χ3v) is 3.58. The number of allylic oxidation sites excluding steroid dienone is 1. The first-order valence-electron chi connectivity index (χ1n) is 7.06. The van der Waals surface area contributed by atoms with Crippen molar-refractivity contribution in [1.82, 2.24) is 0 Å². The molecule has 0 aromatic heterocycles. The zero-order chi connectivity index (χ0) is 15.5. The lowest BCUT2D eigenvalue weighted by Gasteiger charge is -2.16. The molecule has 1 aliphatic rings. The Morgan fingerprint density at radius 3 is 2.82 bits per heavy atom. The van der Waals surface area contributed by atoms with Gasteiger partial charge in [-0.05, 0) is 54.0 Å². The van der Waals surface area contributed by atoms with Crippen molar-refractivity contribution in [3.05, 3.63) is 65.2 Å². The lowest BCUT2D eigenvalue weighted by molar-refractivity contribution is -0.116. The predicted molar refractivity (Wildman–Crippen MR) is 84.9 cm³/mol. The van der Waals surface area contributed by atoms with E-state index in [2.05, 4.69) is 5.32 Å². The molecule has 0 fully saturated rings. The highest BCUT2D eigenvalue weighted by Gasteiger charge is 2.15. The SMILES string of the molecule is O=C1CCc2cc(C(=O)C=Cc3cccc(O)c3)ccc2N1. The van der Waals surface area contributed by atoms with Crippen molar-refractivity contribution < 1.29 is 14.7 Å². The second-order valence-corrected chi connectivity index (χ2v) is 5.21. The summed E-state index contributed by atoms with van der Waals surface area (Å²) in [6.45, 7) is 0. The fourth-order valence-electron chi connectivity index (χ4n) is 2.43. The number of aromatic hydroxyl groups is 1. The van der Waals surface area contributed by atoms with Gasteiger partial charge >= 0.3 is 0 Å². The maximum Gasteiger partial charge on any atom is 0.224 e. The summed E-state index contributed by atoms with van der Waals surface area (Å²) in [5.74, 6) is 0.0671. The topological polar surface area (TPSA) is 66.4 Å². The van der Waals surface area contributed by atoms with Crippen LogP contribution in [0.15, 0.2) is 48.5 Å². The number of aryl methyl sites for hydroxylation is 1. The molecule has 0 saturated carbocycles. The molecule has 4 nitrogen and oxygen atoms in total. The molecule has 1 heterocycles. The van der Waals surface area contributed by atoms with Crippen LogP contribution in [0.25, 0.3) is 6.08 Å². The van der Waals surface area contributed by atoms with Gasteiger partial charge in [-0.15, -0.1) is 0 Å². The van der Waals surface area contributed by atoms with E-state index in [0.717, 1.165) is 16.8 Å². The van der Waals surface area contributed by atoms with Gasteiger partial charge in [0, 0.05) is 17.7 Å². The highest BCUT2D eigenvalue weighted by atomic mass is 16.3. The standard InChI is InChI=1S/C18H15NO3/c20-15-3-1-2-12(10-15)4-8-17(21)14-5-7-16-13(11-14)6-9-18(22)19-16/h1-5,7-8,10-11,20H,6,9H2,(H,19,22). The number of rotatable bonds is 3. The molecule has 2 N–H and O–H groups in total. The van der Waals surface area contributed by atoms with Gasteiger partial charge in [0.05, 0.1) is 0 Å². The molecule has 0 spiro atoms. The van der Waals surface area contributed by atoms with E-state index in [9.17, 15) is 14.7 Å². The Hall–Kier alpha value is -2.88. The maximum atomic E-state index is 12.2. The summed E-state index contributed by atoms with van der Waals surface area (Å²) in [5, 5.41) is 12.2. The fraction of sp³-hybridized carbons (Fsp3) is 0.111. The van der Waals surface area contributed by atoms with Crippen LogP contribution in [0.2, 0.25) is 0 Å². The van der Waals surface area contributed by atoms with Gasteiger partial charge in [-0.2, -0.15) is 0 Å². The Balaban J connectivity index is 1.79. The van der Waals surface area contributed by atoms with Gasteiger partial charge in [0.25, 0.3) is 0 Å². The van der Waals surface area contributed by atoms with Crippen LogP contribution in [-0.2, 0) is 11.2 Å². The number of carbonyl (C=O) groups excluding carboxylic acids is 2. The third-order valence-electron chi connectivity index (χ3n) is 3.58. The van der Waals surface area contributed by atoms with Gasteiger partial charge in [-0.3, -0.25) is 9.59 Å². The normalized spacial score (nSPS) is 13.7. The molecule has 0 unspecified atom stereocenters. The quantitative estimate of drug-likeness (QED) is 0.674. The smallest absolute Gasteiger partial charge is 0.224 e. The van der Waals surface area contributed by atoms with Crippen LogP contribution in [-0.4, -0.2) is 16.8 Å². The molecular weight excluding hydrogens is 278 g/mol. The highest BCUT2D eigenvalue weighted by Crippen LogP contribution is 2.24. The van der Waals surface area contributed by atoms with Crippen molar-refractivity contribution >= 4 is 23.5 Å². The Morgan fingerprint density at radius 2 is 2.00 bits per heavy atom. The van der Waals surface area contributed by atoms with Crippen LogP contribution >= 0.6 is 0 Å². The van der Waals surface area contributed by atoms with Crippen LogP contribution in [0.1, 0.15) is 27.9 Å². The second-order valence-electron chi connectivity index (χ2n) is 5.21. The maximum absolute atomic E-state index is 12.2. The number of anilines is 1. The Bertz CT molecular complexity index is 778. The molecule has 2 aromatic carbocycles. The summed E-state index contributed by atoms with van der Waals surface area (Å²) in [5.41, 5.74) is 3.12. The Morgan fingerprint density at radius 1 is 1.14 bits per heavy atom. The first-order valence-corrected chi connectivity index (χ1v) is 7.06. The molecule has 3 rings (SSSR count). The van der Waals surface area contributed by atoms with Crippen molar-refractivity contribution in [3.63, 3.8) is 0 Å². The summed E-state index contributed by atoms with van der Waals surface area (Å²) < 4.78 is 0.